The lowest BCUT2D eigenvalue weighted by atomic mass is 9.85. The van der Waals surface area contributed by atoms with Gasteiger partial charge in [-0.1, -0.05) is 30.0 Å². The van der Waals surface area contributed by atoms with Crippen LogP contribution in [-0.4, -0.2) is 23.5 Å². The lowest BCUT2D eigenvalue weighted by Crippen LogP contribution is -2.29. The van der Waals surface area contributed by atoms with Crippen LogP contribution in [0, 0.1) is 18.8 Å². The molecule has 1 aliphatic heterocycles. The molecule has 3 aromatic carbocycles. The van der Waals surface area contributed by atoms with Gasteiger partial charge in [-0.3, -0.25) is 4.79 Å². The van der Waals surface area contributed by atoms with Crippen molar-refractivity contribution in [3.05, 3.63) is 64.7 Å². The van der Waals surface area contributed by atoms with Crippen LogP contribution in [0.5, 0.6) is 5.75 Å². The summed E-state index contributed by atoms with van der Waals surface area (Å²) in [6.45, 7) is 14.2. The summed E-state index contributed by atoms with van der Waals surface area (Å²) in [5.41, 5.74) is 11.1. The summed E-state index contributed by atoms with van der Waals surface area (Å²) in [6.07, 6.45) is 1.28. The molecular weight excluding hydrogens is 446 g/mol. The molecule has 1 aliphatic rings. The van der Waals surface area contributed by atoms with Crippen molar-refractivity contribution in [2.24, 2.45) is 5.73 Å². The third-order valence-electron chi connectivity index (χ3n) is 6.22. The van der Waals surface area contributed by atoms with Crippen molar-refractivity contribution in [1.82, 2.24) is 0 Å². The van der Waals surface area contributed by atoms with Gasteiger partial charge >= 0.3 is 0 Å². The second-order valence-corrected chi connectivity index (χ2v) is 11.4. The predicted octanol–water partition coefficient (Wildman–Crippen LogP) is 6.67. The first kappa shape index (κ1) is 25.9. The number of benzene rings is 3. The van der Waals surface area contributed by atoms with Crippen LogP contribution >= 0.6 is 0 Å². The van der Waals surface area contributed by atoms with Crippen LogP contribution < -0.4 is 10.5 Å². The van der Waals surface area contributed by atoms with Gasteiger partial charge in [0.2, 0.25) is 0 Å². The minimum atomic E-state index is -0.686. The van der Waals surface area contributed by atoms with E-state index >= 15 is 0 Å². The van der Waals surface area contributed by atoms with Crippen molar-refractivity contribution in [3.8, 4) is 28.7 Å². The third kappa shape index (κ3) is 5.81. The first-order chi connectivity index (χ1) is 16.8. The van der Waals surface area contributed by atoms with Gasteiger partial charge in [0, 0.05) is 5.56 Å². The van der Waals surface area contributed by atoms with Crippen molar-refractivity contribution < 1.29 is 14.3 Å². The van der Waals surface area contributed by atoms with E-state index in [0.29, 0.717) is 0 Å². The van der Waals surface area contributed by atoms with E-state index in [-0.39, 0.29) is 5.78 Å². The van der Waals surface area contributed by atoms with E-state index in [1.54, 1.807) is 6.92 Å². The van der Waals surface area contributed by atoms with Crippen LogP contribution in [0.1, 0.15) is 76.3 Å². The molecule has 36 heavy (non-hydrogen) atoms. The molecular formula is C32H37NO3. The van der Waals surface area contributed by atoms with Crippen molar-refractivity contribution >= 4 is 16.6 Å². The van der Waals surface area contributed by atoms with E-state index in [9.17, 15) is 4.79 Å². The highest BCUT2D eigenvalue weighted by molar-refractivity contribution is 6.02. The van der Waals surface area contributed by atoms with Gasteiger partial charge in [-0.2, -0.15) is 0 Å². The Morgan fingerprint density at radius 1 is 1.08 bits per heavy atom. The maximum Gasteiger partial charge on any atom is 0.163 e. The number of ketones is 1. The average molecular weight is 484 g/mol. The van der Waals surface area contributed by atoms with Crippen LogP contribution in [0.3, 0.4) is 0 Å². The van der Waals surface area contributed by atoms with Gasteiger partial charge in [0.1, 0.15) is 11.9 Å². The monoisotopic (exact) mass is 483 g/mol. The summed E-state index contributed by atoms with van der Waals surface area (Å²) in [6, 6.07) is 14.7. The molecule has 1 heterocycles. The number of carbonyl (C=O) groups is 1. The van der Waals surface area contributed by atoms with Crippen molar-refractivity contribution in [3.63, 3.8) is 0 Å². The molecule has 0 amide bonds. The van der Waals surface area contributed by atoms with Crippen LogP contribution in [0.25, 0.3) is 21.9 Å². The summed E-state index contributed by atoms with van der Waals surface area (Å²) in [4.78, 5) is 13.0. The fourth-order valence-corrected chi connectivity index (χ4v) is 4.73. The van der Waals surface area contributed by atoms with E-state index < -0.39 is 17.2 Å². The number of Topliss-reactive ketones (excluding diaryl/α,β-unsaturated/α-hetero) is 1. The first-order valence-electron chi connectivity index (χ1n) is 12.7. The largest absolute Gasteiger partial charge is 0.493 e. The first-order valence-corrected chi connectivity index (χ1v) is 12.7. The van der Waals surface area contributed by atoms with Crippen molar-refractivity contribution in [2.45, 2.75) is 78.6 Å². The molecule has 0 saturated heterocycles. The molecule has 0 fully saturated rings. The highest BCUT2D eigenvalue weighted by atomic mass is 16.5. The third-order valence-corrected chi connectivity index (χ3v) is 6.22. The Hall–Kier alpha value is -3.13. The molecule has 2 N–H and O–H groups in total. The van der Waals surface area contributed by atoms with Crippen LogP contribution in [-0.2, 0) is 16.0 Å². The summed E-state index contributed by atoms with van der Waals surface area (Å²) in [5.74, 6) is 7.29. The zero-order chi connectivity index (χ0) is 26.3. The maximum atomic E-state index is 13.0. The van der Waals surface area contributed by atoms with E-state index in [0.717, 1.165) is 63.8 Å². The number of nitrogens with two attached hydrogens (primary N) is 1. The molecule has 0 bridgehead atoms. The normalized spacial score (nSPS) is 14.4. The molecule has 0 aliphatic carbocycles. The molecule has 0 spiro atoms. The quantitative estimate of drug-likeness (QED) is 0.421. The molecule has 0 aromatic heterocycles. The second-order valence-electron chi connectivity index (χ2n) is 11.4. The van der Waals surface area contributed by atoms with Gasteiger partial charge < -0.3 is 15.2 Å². The van der Waals surface area contributed by atoms with E-state index in [1.807, 2.05) is 40.7 Å². The maximum absolute atomic E-state index is 13.0. The molecule has 4 nitrogen and oxygen atoms in total. The number of fused-ring (bicyclic) bond motifs is 2. The summed E-state index contributed by atoms with van der Waals surface area (Å²) in [5, 5.41) is 2.13. The lowest BCUT2D eigenvalue weighted by molar-refractivity contribution is -0.138. The predicted molar refractivity (Wildman–Crippen MR) is 147 cm³/mol. The summed E-state index contributed by atoms with van der Waals surface area (Å²) < 4.78 is 12.3. The van der Waals surface area contributed by atoms with E-state index in [1.165, 1.54) is 5.56 Å². The molecule has 4 rings (SSSR count). The Bertz CT molecular complexity index is 1380. The summed E-state index contributed by atoms with van der Waals surface area (Å²) >= 11 is 0. The number of rotatable bonds is 4. The van der Waals surface area contributed by atoms with Gasteiger partial charge in [-0.15, -0.1) is 0 Å². The number of aryl methyl sites for hydroxylation is 2. The topological polar surface area (TPSA) is 61.5 Å². The summed E-state index contributed by atoms with van der Waals surface area (Å²) in [7, 11) is 0. The number of carbonyl (C=O) groups excluding carboxylic acids is 1. The SMILES string of the molecule is CC(=O)C(OC(C)(C)C)c1c(C)cc2ccc(C#CC(C)(C)N)cc2c1-c1ccc2c(c1)CCCO2. The second kappa shape index (κ2) is 9.73. The standard InChI is InChI=1S/C32H37NO3/c1-20-17-23-11-10-22(14-15-32(6,7)33)18-26(23)29(28(20)30(21(2)34)36-31(3,4)5)25-12-13-27-24(19-25)9-8-16-35-27/h10-13,17-19,30H,8-9,16,33H2,1-7H3. The lowest BCUT2D eigenvalue weighted by Gasteiger charge is -2.30. The molecule has 1 atom stereocenters. The molecule has 4 heteroatoms. The Morgan fingerprint density at radius 2 is 1.83 bits per heavy atom. The molecule has 3 aromatic rings. The zero-order valence-electron chi connectivity index (χ0n) is 22.5. The minimum absolute atomic E-state index is 0.0178. The highest BCUT2D eigenvalue weighted by Crippen LogP contribution is 2.42. The van der Waals surface area contributed by atoms with Gasteiger partial charge in [-0.25, -0.2) is 0 Å². The van der Waals surface area contributed by atoms with Crippen molar-refractivity contribution in [1.29, 1.82) is 0 Å². The number of ether oxygens (including phenoxy) is 2. The van der Waals surface area contributed by atoms with Crippen molar-refractivity contribution in [2.75, 3.05) is 6.61 Å². The Balaban J connectivity index is 2.05. The Morgan fingerprint density at radius 3 is 2.50 bits per heavy atom. The number of hydrogen-bond acceptors (Lipinski definition) is 4. The van der Waals surface area contributed by atoms with Crippen LogP contribution in [0.4, 0.5) is 0 Å². The Kier molecular flexibility index (Phi) is 7.01. The molecule has 1 unspecified atom stereocenters. The minimum Gasteiger partial charge on any atom is -0.493 e. The Labute approximate surface area is 215 Å². The van der Waals surface area contributed by atoms with Gasteiger partial charge in [0.25, 0.3) is 0 Å². The van der Waals surface area contributed by atoms with Gasteiger partial charge in [0.05, 0.1) is 17.7 Å². The smallest absolute Gasteiger partial charge is 0.163 e. The fraction of sp³-hybridized carbons (Fsp3) is 0.406. The molecule has 0 saturated carbocycles. The van der Waals surface area contributed by atoms with Crippen LogP contribution in [0.15, 0.2) is 42.5 Å². The van der Waals surface area contributed by atoms with Gasteiger partial charge in [0.15, 0.2) is 5.78 Å². The molecule has 0 radical (unpaired) electrons. The molecule has 188 valence electrons. The van der Waals surface area contributed by atoms with E-state index in [4.69, 9.17) is 15.2 Å². The van der Waals surface area contributed by atoms with Gasteiger partial charge in [-0.05, 0) is 124 Å². The number of hydrogen-bond donors (Lipinski definition) is 1. The highest BCUT2D eigenvalue weighted by Gasteiger charge is 2.30. The van der Waals surface area contributed by atoms with Crippen LogP contribution in [0.2, 0.25) is 0 Å². The van der Waals surface area contributed by atoms with E-state index in [2.05, 4.69) is 55.2 Å². The zero-order valence-corrected chi connectivity index (χ0v) is 22.5. The average Bonchev–Trinajstić information content (AvgIpc) is 2.79. The fourth-order valence-electron chi connectivity index (χ4n) is 4.73.